The SMILES string of the molecule is COc1cc(-c2ccc(S(C)(=O)=O)cc2)c(-c2ccc([S+](C)[O-])cc2)c(C(F)(F)F)n1. The van der Waals surface area contributed by atoms with Gasteiger partial charge >= 0.3 is 6.18 Å². The van der Waals surface area contributed by atoms with Crippen LogP contribution in [0.3, 0.4) is 0 Å². The number of halogens is 3. The highest BCUT2D eigenvalue weighted by Gasteiger charge is 2.38. The van der Waals surface area contributed by atoms with E-state index in [9.17, 15) is 26.1 Å². The lowest BCUT2D eigenvalue weighted by Crippen LogP contribution is -2.12. The Labute approximate surface area is 181 Å². The number of alkyl halides is 3. The molecule has 0 saturated heterocycles. The predicted octanol–water partition coefficient (Wildman–Crippen LogP) is 4.58. The van der Waals surface area contributed by atoms with E-state index in [0.29, 0.717) is 10.5 Å². The van der Waals surface area contributed by atoms with E-state index in [1.807, 2.05) is 0 Å². The summed E-state index contributed by atoms with van der Waals surface area (Å²) >= 11 is -1.29. The van der Waals surface area contributed by atoms with Gasteiger partial charge in [-0.2, -0.15) is 13.2 Å². The van der Waals surface area contributed by atoms with Gasteiger partial charge in [0.05, 0.1) is 12.0 Å². The number of hydrogen-bond donors (Lipinski definition) is 0. The molecule has 1 atom stereocenters. The van der Waals surface area contributed by atoms with Crippen molar-refractivity contribution in [3.8, 4) is 28.1 Å². The van der Waals surface area contributed by atoms with Gasteiger partial charge in [-0.1, -0.05) is 12.1 Å². The van der Waals surface area contributed by atoms with Crippen LogP contribution in [0.2, 0.25) is 0 Å². The summed E-state index contributed by atoms with van der Waals surface area (Å²) in [4.78, 5) is 4.15. The minimum Gasteiger partial charge on any atom is -0.612 e. The lowest BCUT2D eigenvalue weighted by molar-refractivity contribution is -0.140. The molecule has 0 bridgehead atoms. The van der Waals surface area contributed by atoms with Crippen molar-refractivity contribution in [3.05, 3.63) is 60.3 Å². The Balaban J connectivity index is 2.31. The lowest BCUT2D eigenvalue weighted by atomic mass is 9.93. The molecule has 1 aromatic heterocycles. The Hall–Kier alpha value is -2.56. The molecule has 3 aromatic rings. The van der Waals surface area contributed by atoms with Crippen LogP contribution >= 0.6 is 0 Å². The second-order valence-electron chi connectivity index (χ2n) is 6.71. The van der Waals surface area contributed by atoms with Crippen molar-refractivity contribution in [1.29, 1.82) is 0 Å². The maximum absolute atomic E-state index is 13.9. The first kappa shape index (κ1) is 23.1. The van der Waals surface area contributed by atoms with Crippen molar-refractivity contribution in [2.75, 3.05) is 19.6 Å². The number of sulfone groups is 1. The molecule has 31 heavy (non-hydrogen) atoms. The summed E-state index contributed by atoms with van der Waals surface area (Å²) in [5.74, 6) is -0.232. The molecule has 164 valence electrons. The first-order chi connectivity index (χ1) is 14.4. The largest absolute Gasteiger partial charge is 0.612 e. The van der Waals surface area contributed by atoms with Crippen molar-refractivity contribution in [2.24, 2.45) is 0 Å². The standard InChI is InChI=1S/C21H18F3NO4S2/c1-29-18-12-17(13-6-10-16(11-7-13)31(3,27)28)19(20(25-18)21(22,23)24)14-4-8-15(9-5-14)30(2)26/h4-12H,1-3H3. The van der Waals surface area contributed by atoms with Gasteiger partial charge in [0, 0.05) is 17.9 Å². The van der Waals surface area contributed by atoms with Gasteiger partial charge in [-0.05, 0) is 64.3 Å². The first-order valence-corrected chi connectivity index (χ1v) is 12.3. The summed E-state index contributed by atoms with van der Waals surface area (Å²) in [6.07, 6.45) is -2.26. The van der Waals surface area contributed by atoms with Gasteiger partial charge in [0.25, 0.3) is 0 Å². The monoisotopic (exact) mass is 469 g/mol. The fourth-order valence-electron chi connectivity index (χ4n) is 3.05. The zero-order valence-electron chi connectivity index (χ0n) is 16.7. The third kappa shape index (κ3) is 5.03. The van der Waals surface area contributed by atoms with Gasteiger partial charge in [0.1, 0.15) is 6.26 Å². The van der Waals surface area contributed by atoms with E-state index in [4.69, 9.17) is 4.74 Å². The van der Waals surface area contributed by atoms with Crippen LogP contribution in [-0.2, 0) is 27.2 Å². The maximum atomic E-state index is 13.9. The van der Waals surface area contributed by atoms with Gasteiger partial charge in [0.2, 0.25) is 5.88 Å². The number of rotatable bonds is 5. The van der Waals surface area contributed by atoms with Gasteiger partial charge in [-0.15, -0.1) is 0 Å². The third-order valence-electron chi connectivity index (χ3n) is 4.54. The summed E-state index contributed by atoms with van der Waals surface area (Å²) in [6, 6.07) is 12.8. The van der Waals surface area contributed by atoms with E-state index in [1.54, 1.807) is 0 Å². The summed E-state index contributed by atoms with van der Waals surface area (Å²) in [5, 5.41) is 0. The van der Waals surface area contributed by atoms with E-state index < -0.39 is 32.9 Å². The number of methoxy groups -OCH3 is 1. The maximum Gasteiger partial charge on any atom is 0.434 e. The highest BCUT2D eigenvalue weighted by molar-refractivity contribution is 7.91. The second-order valence-corrected chi connectivity index (χ2v) is 10.1. The lowest BCUT2D eigenvalue weighted by Gasteiger charge is -2.18. The number of ether oxygens (including phenoxy) is 1. The van der Waals surface area contributed by atoms with Gasteiger partial charge in [-0.25, -0.2) is 13.4 Å². The molecule has 0 saturated carbocycles. The molecule has 0 aliphatic rings. The first-order valence-electron chi connectivity index (χ1n) is 8.82. The van der Waals surface area contributed by atoms with Crippen LogP contribution in [0.15, 0.2) is 64.4 Å². The Bertz CT molecular complexity index is 1190. The third-order valence-corrected chi connectivity index (χ3v) is 6.61. The Kier molecular flexibility index (Phi) is 6.35. The van der Waals surface area contributed by atoms with E-state index in [0.717, 1.165) is 6.26 Å². The molecule has 1 heterocycles. The quantitative estimate of drug-likeness (QED) is 0.511. The van der Waals surface area contributed by atoms with Crippen molar-refractivity contribution in [1.82, 2.24) is 4.98 Å². The zero-order chi connectivity index (χ0) is 23.0. The Morgan fingerprint density at radius 2 is 1.55 bits per heavy atom. The van der Waals surface area contributed by atoms with Crippen molar-refractivity contribution >= 4 is 21.0 Å². The molecule has 0 aliphatic heterocycles. The topological polar surface area (TPSA) is 79.3 Å². The number of aromatic nitrogens is 1. The van der Waals surface area contributed by atoms with Crippen LogP contribution in [0.5, 0.6) is 5.88 Å². The number of hydrogen-bond acceptors (Lipinski definition) is 5. The van der Waals surface area contributed by atoms with Gasteiger partial charge < -0.3 is 9.29 Å². The average molecular weight is 470 g/mol. The van der Waals surface area contributed by atoms with Gasteiger partial charge in [0.15, 0.2) is 20.4 Å². The minimum atomic E-state index is -4.78. The number of benzene rings is 2. The highest BCUT2D eigenvalue weighted by atomic mass is 32.2. The molecule has 0 aliphatic carbocycles. The van der Waals surface area contributed by atoms with Crippen molar-refractivity contribution < 1.29 is 30.9 Å². The number of nitrogens with zero attached hydrogens (tertiary/aromatic N) is 1. The minimum absolute atomic E-state index is 0.0460. The average Bonchev–Trinajstić information content (AvgIpc) is 2.71. The molecule has 1 unspecified atom stereocenters. The Morgan fingerprint density at radius 3 is 2.00 bits per heavy atom. The summed E-state index contributed by atoms with van der Waals surface area (Å²) < 4.78 is 81.9. The predicted molar refractivity (Wildman–Crippen MR) is 112 cm³/mol. The molecule has 0 amide bonds. The molecule has 2 aromatic carbocycles. The second kappa shape index (κ2) is 8.52. The molecule has 0 fully saturated rings. The molecule has 3 rings (SSSR count). The van der Waals surface area contributed by atoms with Crippen LogP contribution in [0.4, 0.5) is 13.2 Å². The van der Waals surface area contributed by atoms with Crippen LogP contribution in [-0.4, -0.2) is 37.6 Å². The van der Waals surface area contributed by atoms with Crippen LogP contribution in [0, 0.1) is 0 Å². The normalized spacial score (nSPS) is 13.1. The summed E-state index contributed by atoms with van der Waals surface area (Å²) in [5.41, 5.74) is -0.575. The molecule has 10 heteroatoms. The van der Waals surface area contributed by atoms with Crippen molar-refractivity contribution in [2.45, 2.75) is 16.0 Å². The van der Waals surface area contributed by atoms with Crippen LogP contribution < -0.4 is 4.74 Å². The van der Waals surface area contributed by atoms with Crippen LogP contribution in [0.1, 0.15) is 5.69 Å². The molecular formula is C21H18F3NO4S2. The fraction of sp³-hybridized carbons (Fsp3) is 0.190. The fourth-order valence-corrected chi connectivity index (χ4v) is 4.20. The van der Waals surface area contributed by atoms with Crippen molar-refractivity contribution in [3.63, 3.8) is 0 Å². The van der Waals surface area contributed by atoms with Gasteiger partial charge in [-0.3, -0.25) is 0 Å². The molecule has 5 nitrogen and oxygen atoms in total. The van der Waals surface area contributed by atoms with E-state index in [1.165, 1.54) is 68.0 Å². The summed E-state index contributed by atoms with van der Waals surface area (Å²) in [7, 11) is -2.25. The number of pyridine rings is 1. The molecular weight excluding hydrogens is 451 g/mol. The summed E-state index contributed by atoms with van der Waals surface area (Å²) in [6.45, 7) is 0. The van der Waals surface area contributed by atoms with E-state index in [2.05, 4.69) is 4.98 Å². The van der Waals surface area contributed by atoms with Crippen LogP contribution in [0.25, 0.3) is 22.3 Å². The van der Waals surface area contributed by atoms with E-state index >= 15 is 0 Å². The molecule has 0 N–H and O–H groups in total. The van der Waals surface area contributed by atoms with E-state index in [-0.39, 0.29) is 27.5 Å². The molecule has 0 radical (unpaired) electrons. The Morgan fingerprint density at radius 1 is 1.00 bits per heavy atom. The highest BCUT2D eigenvalue weighted by Crippen LogP contribution is 2.43. The zero-order valence-corrected chi connectivity index (χ0v) is 18.4. The smallest absolute Gasteiger partial charge is 0.434 e. The molecule has 0 spiro atoms.